The van der Waals surface area contributed by atoms with E-state index >= 15 is 0 Å². The van der Waals surface area contributed by atoms with Crippen molar-refractivity contribution >= 4 is 78.3 Å². The first-order valence-corrected chi connectivity index (χ1v) is 19.0. The van der Waals surface area contributed by atoms with Gasteiger partial charge in [-0.25, -0.2) is 0 Å². The molecule has 0 aromatic rings. The van der Waals surface area contributed by atoms with Crippen LogP contribution in [0.4, 0.5) is 0 Å². The van der Waals surface area contributed by atoms with Gasteiger partial charge in [0.25, 0.3) is 0 Å². The molecule has 0 bridgehead atoms. The van der Waals surface area contributed by atoms with Gasteiger partial charge in [-0.15, -0.1) is 0 Å². The van der Waals surface area contributed by atoms with Crippen molar-refractivity contribution in [1.82, 2.24) is 13.2 Å². The Morgan fingerprint density at radius 1 is 0.476 bits per heavy atom. The highest BCUT2D eigenvalue weighted by Gasteiger charge is 2.59. The second kappa shape index (κ2) is 6.48. The SMILES string of the molecule is C[Si](C)(C)N1B(Cl)N([Si](C)(C)C)B(Cl)N([Si](C)(C)C)B1Cl. The van der Waals surface area contributed by atoms with Gasteiger partial charge in [-0.05, 0) is 0 Å². The molecule has 0 amide bonds. The predicted molar refractivity (Wildman–Crippen MR) is 110 cm³/mol. The average Bonchev–Trinajstić information content (AvgIpc) is 2.07. The standard InChI is InChI=1S/C9H27B3Cl3N3Si3/c1-19(2,3)16-10(13)17(20(4,5)6)12(15)18(11(16)14)21(7,8)9/h1-9H3. The average molecular weight is 400 g/mol. The van der Waals surface area contributed by atoms with E-state index in [1.54, 1.807) is 0 Å². The lowest BCUT2D eigenvalue weighted by Gasteiger charge is -2.58. The number of nitrogens with zero attached hydrogens (tertiary/aromatic N) is 3. The Balaban J connectivity index is 3.38. The first kappa shape index (κ1) is 20.6. The van der Waals surface area contributed by atoms with Crippen molar-refractivity contribution in [1.29, 1.82) is 0 Å². The van der Waals surface area contributed by atoms with Crippen molar-refractivity contribution in [2.45, 2.75) is 58.9 Å². The summed E-state index contributed by atoms with van der Waals surface area (Å²) in [6.45, 7) is 20.6. The molecule has 1 rings (SSSR count). The molecule has 3 nitrogen and oxygen atoms in total. The molecule has 12 heteroatoms. The van der Waals surface area contributed by atoms with E-state index < -0.39 is 24.7 Å². The van der Waals surface area contributed by atoms with Crippen LogP contribution in [0, 0.1) is 0 Å². The molecule has 0 aromatic carbocycles. The maximum atomic E-state index is 6.86. The molecule has 0 radical (unpaired) electrons. The van der Waals surface area contributed by atoms with E-state index in [0.29, 0.717) is 0 Å². The Labute approximate surface area is 150 Å². The summed E-state index contributed by atoms with van der Waals surface area (Å²) in [6.07, 6.45) is -0.664. The van der Waals surface area contributed by atoms with Crippen molar-refractivity contribution in [2.75, 3.05) is 0 Å². The van der Waals surface area contributed by atoms with Crippen LogP contribution in [-0.2, 0) is 0 Å². The highest BCUT2D eigenvalue weighted by atomic mass is 35.5. The van der Waals surface area contributed by atoms with E-state index in [-0.39, 0.29) is 19.2 Å². The van der Waals surface area contributed by atoms with Crippen LogP contribution in [-0.4, -0.2) is 57.1 Å². The van der Waals surface area contributed by atoms with Crippen LogP contribution >= 0.6 is 34.4 Å². The number of rotatable bonds is 3. The van der Waals surface area contributed by atoms with Gasteiger partial charge in [-0.2, -0.15) is 34.4 Å². The third-order valence-electron chi connectivity index (χ3n) is 3.70. The molecule has 0 aromatic heterocycles. The topological polar surface area (TPSA) is 9.72 Å². The minimum atomic E-state index is -1.68. The lowest BCUT2D eigenvalue weighted by molar-refractivity contribution is 0.728. The zero-order valence-electron chi connectivity index (χ0n) is 14.7. The van der Waals surface area contributed by atoms with Crippen LogP contribution in [0.25, 0.3) is 0 Å². The van der Waals surface area contributed by atoms with Crippen LogP contribution in [0.5, 0.6) is 0 Å². The third-order valence-corrected chi connectivity index (χ3v) is 12.1. The molecule has 0 saturated carbocycles. The zero-order chi connectivity index (χ0) is 17.0. The summed E-state index contributed by atoms with van der Waals surface area (Å²) < 4.78 is 6.93. The lowest BCUT2D eigenvalue weighted by atomic mass is 9.81. The monoisotopic (exact) mass is 399 g/mol. The molecular weight excluding hydrogens is 373 g/mol. The Kier molecular flexibility index (Phi) is 6.37. The Morgan fingerprint density at radius 3 is 0.714 bits per heavy atom. The quantitative estimate of drug-likeness (QED) is 0.661. The van der Waals surface area contributed by atoms with E-state index in [2.05, 4.69) is 72.1 Å². The Hall–Kier alpha value is 1.60. The minimum absolute atomic E-state index is 0.221. The van der Waals surface area contributed by atoms with Crippen molar-refractivity contribution in [3.8, 4) is 0 Å². The summed E-state index contributed by atoms with van der Waals surface area (Å²) in [5.41, 5.74) is 0. The molecule has 0 aliphatic carbocycles. The van der Waals surface area contributed by atoms with Crippen molar-refractivity contribution in [2.24, 2.45) is 0 Å². The van der Waals surface area contributed by atoms with Crippen molar-refractivity contribution in [3.63, 3.8) is 0 Å². The van der Waals surface area contributed by atoms with Gasteiger partial charge in [0.1, 0.15) is 24.7 Å². The third kappa shape index (κ3) is 4.36. The molecule has 1 heterocycles. The summed E-state index contributed by atoms with van der Waals surface area (Å²) in [7, 11) is -5.04. The fourth-order valence-corrected chi connectivity index (χ4v) is 13.6. The van der Waals surface area contributed by atoms with E-state index in [4.69, 9.17) is 34.4 Å². The van der Waals surface area contributed by atoms with Gasteiger partial charge in [-0.1, -0.05) is 58.9 Å². The van der Waals surface area contributed by atoms with Gasteiger partial charge in [0.05, 0.1) is 0 Å². The maximum absolute atomic E-state index is 6.86. The van der Waals surface area contributed by atoms with E-state index in [1.165, 1.54) is 0 Å². The molecule has 0 unspecified atom stereocenters. The minimum Gasteiger partial charge on any atom is -0.352 e. The van der Waals surface area contributed by atoms with Crippen LogP contribution in [0.3, 0.4) is 0 Å². The van der Waals surface area contributed by atoms with Crippen LogP contribution in [0.1, 0.15) is 0 Å². The van der Waals surface area contributed by atoms with Gasteiger partial charge in [-0.3, -0.25) is 0 Å². The molecule has 1 aliphatic heterocycles. The van der Waals surface area contributed by atoms with Crippen LogP contribution < -0.4 is 0 Å². The van der Waals surface area contributed by atoms with Crippen LogP contribution in [0.15, 0.2) is 0 Å². The highest BCUT2D eigenvalue weighted by Crippen LogP contribution is 2.35. The summed E-state index contributed by atoms with van der Waals surface area (Å²) in [6, 6.07) is 0. The molecule has 0 N–H and O–H groups in total. The van der Waals surface area contributed by atoms with Crippen molar-refractivity contribution in [3.05, 3.63) is 0 Å². The number of hydrogen-bond acceptors (Lipinski definition) is 3. The van der Waals surface area contributed by atoms with Gasteiger partial charge < -0.3 is 13.2 Å². The fraction of sp³-hybridized carbons (Fsp3) is 1.00. The zero-order valence-corrected chi connectivity index (χ0v) is 20.0. The Bertz CT molecular complexity index is 319. The summed E-state index contributed by atoms with van der Waals surface area (Å²) in [5.74, 6) is 0. The molecular formula is C9H27B3Cl3N3Si3. The largest absolute Gasteiger partial charge is 0.387 e. The summed E-state index contributed by atoms with van der Waals surface area (Å²) >= 11 is 20.6. The van der Waals surface area contributed by atoms with Gasteiger partial charge in [0, 0.05) is 0 Å². The predicted octanol–water partition coefficient (Wildman–Crippen LogP) is 4.08. The van der Waals surface area contributed by atoms with Gasteiger partial charge in [0.15, 0.2) is 0 Å². The molecule has 0 atom stereocenters. The first-order chi connectivity index (χ1) is 9.10. The Morgan fingerprint density at radius 2 is 0.619 bits per heavy atom. The smallest absolute Gasteiger partial charge is 0.352 e. The second-order valence-corrected chi connectivity index (χ2v) is 24.4. The first-order valence-electron chi connectivity index (χ1n) is 7.37. The lowest BCUT2D eigenvalue weighted by Crippen LogP contribution is -2.84. The molecule has 1 aliphatic rings. The van der Waals surface area contributed by atoms with Gasteiger partial charge >= 0.3 is 19.2 Å². The maximum Gasteiger partial charge on any atom is 0.387 e. The summed E-state index contributed by atoms with van der Waals surface area (Å²) in [5, 5.41) is 0. The molecule has 21 heavy (non-hydrogen) atoms. The van der Waals surface area contributed by atoms with E-state index in [1.807, 2.05) is 0 Å². The number of halogens is 3. The van der Waals surface area contributed by atoms with Crippen molar-refractivity contribution < 1.29 is 0 Å². The molecule has 1 saturated heterocycles. The molecule has 1 fully saturated rings. The molecule has 120 valence electrons. The normalized spacial score (nSPS) is 21.4. The second-order valence-electron chi connectivity index (χ2n) is 8.67. The van der Waals surface area contributed by atoms with Crippen LogP contribution in [0.2, 0.25) is 58.9 Å². The summed E-state index contributed by atoms with van der Waals surface area (Å²) in [4.78, 5) is 0. The van der Waals surface area contributed by atoms with E-state index in [0.717, 1.165) is 0 Å². The number of hydrogen-bond donors (Lipinski definition) is 0. The fourth-order valence-electron chi connectivity index (χ4n) is 2.62. The van der Waals surface area contributed by atoms with Gasteiger partial charge in [0.2, 0.25) is 0 Å². The highest BCUT2D eigenvalue weighted by molar-refractivity contribution is 7.34. The molecule has 0 spiro atoms. The van der Waals surface area contributed by atoms with E-state index in [9.17, 15) is 0 Å².